The summed E-state index contributed by atoms with van der Waals surface area (Å²) in [7, 11) is 7.65. The van der Waals surface area contributed by atoms with Crippen LogP contribution in [0.3, 0.4) is 0 Å². The predicted molar refractivity (Wildman–Crippen MR) is 113 cm³/mol. The Morgan fingerprint density at radius 1 is 1.35 bits per heavy atom. The van der Waals surface area contributed by atoms with Crippen LogP contribution in [0, 0.1) is 0 Å². The smallest absolute Gasteiger partial charge is 0.191 e. The van der Waals surface area contributed by atoms with Crippen molar-refractivity contribution in [2.45, 2.75) is 6.04 Å². The van der Waals surface area contributed by atoms with Crippen molar-refractivity contribution < 1.29 is 4.74 Å². The Hall–Kier alpha value is -0.670. The Balaban J connectivity index is 0.00000484. The van der Waals surface area contributed by atoms with Crippen LogP contribution in [0.25, 0.3) is 0 Å². The number of halogens is 1. The second kappa shape index (κ2) is 12.7. The molecule has 1 aromatic rings. The molecule has 2 N–H and O–H groups in total. The quantitative estimate of drug-likeness (QED) is 0.275. The van der Waals surface area contributed by atoms with Gasteiger partial charge in [-0.1, -0.05) is 12.1 Å². The van der Waals surface area contributed by atoms with Gasteiger partial charge in [0.25, 0.3) is 0 Å². The minimum Gasteiger partial charge on any atom is -0.497 e. The zero-order chi connectivity index (χ0) is 16.4. The molecule has 0 aliphatic carbocycles. The first-order valence-electron chi connectivity index (χ1n) is 7.36. The summed E-state index contributed by atoms with van der Waals surface area (Å²) in [5.74, 6) is 2.78. The first-order chi connectivity index (χ1) is 10.6. The zero-order valence-electron chi connectivity index (χ0n) is 14.6. The van der Waals surface area contributed by atoms with Gasteiger partial charge in [0.2, 0.25) is 0 Å². The maximum atomic E-state index is 5.32. The van der Waals surface area contributed by atoms with E-state index in [0.717, 1.165) is 30.6 Å². The molecule has 0 radical (unpaired) electrons. The van der Waals surface area contributed by atoms with Crippen molar-refractivity contribution in [3.05, 3.63) is 29.8 Å². The number of ether oxygens (including phenoxy) is 1. The molecule has 0 saturated carbocycles. The van der Waals surface area contributed by atoms with Crippen LogP contribution in [-0.2, 0) is 0 Å². The highest BCUT2D eigenvalue weighted by Gasteiger charge is 2.15. The normalized spacial score (nSPS) is 12.5. The highest BCUT2D eigenvalue weighted by atomic mass is 127. The van der Waals surface area contributed by atoms with Gasteiger partial charge in [0.15, 0.2) is 5.96 Å². The van der Waals surface area contributed by atoms with Crippen LogP contribution in [0.5, 0.6) is 5.75 Å². The number of nitrogens with one attached hydrogen (secondary N) is 2. The summed E-state index contributed by atoms with van der Waals surface area (Å²) in [4.78, 5) is 6.45. The Morgan fingerprint density at radius 2 is 2.09 bits per heavy atom. The van der Waals surface area contributed by atoms with E-state index in [-0.39, 0.29) is 30.0 Å². The molecule has 23 heavy (non-hydrogen) atoms. The van der Waals surface area contributed by atoms with Crippen LogP contribution in [0.4, 0.5) is 0 Å². The number of benzene rings is 1. The number of methoxy groups -OCH3 is 1. The molecule has 7 heteroatoms. The molecule has 0 amide bonds. The van der Waals surface area contributed by atoms with Crippen molar-refractivity contribution in [3.8, 4) is 5.75 Å². The van der Waals surface area contributed by atoms with E-state index in [2.05, 4.69) is 53.0 Å². The monoisotopic (exact) mass is 452 g/mol. The molecule has 0 spiro atoms. The van der Waals surface area contributed by atoms with Gasteiger partial charge < -0.3 is 20.3 Å². The Morgan fingerprint density at radius 3 is 2.65 bits per heavy atom. The topological polar surface area (TPSA) is 48.9 Å². The van der Waals surface area contributed by atoms with Crippen LogP contribution in [0.15, 0.2) is 29.3 Å². The molecule has 1 unspecified atom stereocenters. The number of hydrogen-bond acceptors (Lipinski definition) is 4. The van der Waals surface area contributed by atoms with Crippen molar-refractivity contribution in [2.24, 2.45) is 4.99 Å². The van der Waals surface area contributed by atoms with Gasteiger partial charge in [-0.3, -0.25) is 4.99 Å². The van der Waals surface area contributed by atoms with Gasteiger partial charge in [0.1, 0.15) is 5.75 Å². The van der Waals surface area contributed by atoms with Gasteiger partial charge in [-0.05, 0) is 38.0 Å². The molecule has 0 bridgehead atoms. The molecule has 132 valence electrons. The lowest BCUT2D eigenvalue weighted by molar-refractivity contribution is 0.297. The highest BCUT2D eigenvalue weighted by Crippen LogP contribution is 2.21. The van der Waals surface area contributed by atoms with Gasteiger partial charge in [-0.15, -0.1) is 24.0 Å². The second-order valence-corrected chi connectivity index (χ2v) is 6.11. The standard InChI is InChI=1S/C16H28N4OS.HI/c1-17-16(18-9-10-22-5)19-12-15(20(2)3)13-7-6-8-14(11-13)21-4;/h6-8,11,15H,9-10,12H2,1-5H3,(H2,17,18,19);1H. The van der Waals surface area contributed by atoms with E-state index in [9.17, 15) is 0 Å². The van der Waals surface area contributed by atoms with E-state index in [1.807, 2.05) is 23.9 Å². The van der Waals surface area contributed by atoms with E-state index in [0.29, 0.717) is 0 Å². The SMILES string of the molecule is CN=C(NCCSC)NCC(c1cccc(OC)c1)N(C)C.I. The first-order valence-corrected chi connectivity index (χ1v) is 8.75. The first kappa shape index (κ1) is 22.3. The van der Waals surface area contributed by atoms with E-state index >= 15 is 0 Å². The third-order valence-electron chi connectivity index (χ3n) is 3.39. The molecule has 0 heterocycles. The van der Waals surface area contributed by atoms with Crippen LogP contribution < -0.4 is 15.4 Å². The predicted octanol–water partition coefficient (Wildman–Crippen LogP) is 2.44. The van der Waals surface area contributed by atoms with Gasteiger partial charge in [-0.25, -0.2) is 0 Å². The van der Waals surface area contributed by atoms with Crippen LogP contribution in [-0.4, -0.2) is 64.2 Å². The average Bonchev–Trinajstić information content (AvgIpc) is 2.53. The number of guanidine groups is 1. The van der Waals surface area contributed by atoms with Crippen molar-refractivity contribution in [1.82, 2.24) is 15.5 Å². The number of nitrogens with zero attached hydrogens (tertiary/aromatic N) is 2. The number of likely N-dealkylation sites (N-methyl/N-ethyl adjacent to an activating group) is 1. The average molecular weight is 452 g/mol. The molecular weight excluding hydrogens is 423 g/mol. The van der Waals surface area contributed by atoms with Crippen LogP contribution in [0.1, 0.15) is 11.6 Å². The van der Waals surface area contributed by atoms with Gasteiger partial charge >= 0.3 is 0 Å². The fourth-order valence-corrected chi connectivity index (χ4v) is 2.44. The minimum atomic E-state index is 0. The Kier molecular flexibility index (Phi) is 12.3. The largest absolute Gasteiger partial charge is 0.497 e. The van der Waals surface area contributed by atoms with E-state index in [1.165, 1.54) is 5.56 Å². The third-order valence-corrected chi connectivity index (χ3v) is 4.00. The van der Waals surface area contributed by atoms with E-state index in [1.54, 1.807) is 14.2 Å². The van der Waals surface area contributed by atoms with Gasteiger partial charge in [0.05, 0.1) is 13.2 Å². The van der Waals surface area contributed by atoms with Gasteiger partial charge in [-0.2, -0.15) is 11.8 Å². The zero-order valence-corrected chi connectivity index (χ0v) is 17.8. The van der Waals surface area contributed by atoms with Gasteiger partial charge in [0, 0.05) is 25.9 Å². The molecule has 0 fully saturated rings. The van der Waals surface area contributed by atoms with Crippen LogP contribution in [0.2, 0.25) is 0 Å². The van der Waals surface area contributed by atoms with Crippen molar-refractivity contribution in [1.29, 1.82) is 0 Å². The van der Waals surface area contributed by atoms with Crippen LogP contribution >= 0.6 is 35.7 Å². The molecule has 5 nitrogen and oxygen atoms in total. The fourth-order valence-electron chi connectivity index (χ4n) is 2.13. The molecule has 0 aliphatic heterocycles. The molecule has 0 aromatic heterocycles. The lowest BCUT2D eigenvalue weighted by Gasteiger charge is -2.26. The lowest BCUT2D eigenvalue weighted by Crippen LogP contribution is -2.42. The highest BCUT2D eigenvalue weighted by molar-refractivity contribution is 14.0. The summed E-state index contributed by atoms with van der Waals surface area (Å²) < 4.78 is 5.32. The van der Waals surface area contributed by atoms with Crippen molar-refractivity contribution in [3.63, 3.8) is 0 Å². The second-order valence-electron chi connectivity index (χ2n) is 5.13. The summed E-state index contributed by atoms with van der Waals surface area (Å²) in [5.41, 5.74) is 1.22. The summed E-state index contributed by atoms with van der Waals surface area (Å²) in [5, 5.41) is 6.71. The molecule has 0 aliphatic rings. The Bertz CT molecular complexity index is 471. The van der Waals surface area contributed by atoms with E-state index in [4.69, 9.17) is 4.74 Å². The number of thioether (sulfide) groups is 1. The summed E-state index contributed by atoms with van der Waals surface area (Å²) in [6.45, 7) is 1.69. The van der Waals surface area contributed by atoms with Crippen molar-refractivity contribution in [2.75, 3.05) is 53.4 Å². The maximum Gasteiger partial charge on any atom is 0.191 e. The fraction of sp³-hybridized carbons (Fsp3) is 0.562. The molecule has 1 rings (SSSR count). The summed E-state index contributed by atoms with van der Waals surface area (Å²) >= 11 is 1.82. The minimum absolute atomic E-state index is 0. The maximum absolute atomic E-state index is 5.32. The van der Waals surface area contributed by atoms with Crippen molar-refractivity contribution >= 4 is 41.7 Å². The molecule has 1 atom stereocenters. The molecular formula is C16H29IN4OS. The number of hydrogen-bond donors (Lipinski definition) is 2. The molecule has 0 saturated heterocycles. The molecule has 1 aromatic carbocycles. The summed E-state index contributed by atoms with van der Waals surface area (Å²) in [6.07, 6.45) is 2.10. The summed E-state index contributed by atoms with van der Waals surface area (Å²) in [6, 6.07) is 8.44. The lowest BCUT2D eigenvalue weighted by atomic mass is 10.1. The number of aliphatic imine (C=N–C) groups is 1. The van der Waals surface area contributed by atoms with E-state index < -0.39 is 0 Å². The Labute approximate surface area is 161 Å². The number of rotatable bonds is 8. The third kappa shape index (κ3) is 8.12.